The average Bonchev–Trinajstić information content (AvgIpc) is 2.04. The standard InChI is InChI=1S/C10H13Cl2N/c1-8(11)13(9(2)12)10-6-4-3-5-7-10/h3-9H,1-2H3. The Labute approximate surface area is 89.3 Å². The summed E-state index contributed by atoms with van der Waals surface area (Å²) in [7, 11) is 0. The second-order valence-corrected chi connectivity index (χ2v) is 4.15. The summed E-state index contributed by atoms with van der Waals surface area (Å²) >= 11 is 12.0. The molecule has 2 atom stereocenters. The van der Waals surface area contributed by atoms with Crippen molar-refractivity contribution >= 4 is 28.9 Å². The Morgan fingerprint density at radius 3 is 1.85 bits per heavy atom. The molecule has 0 heterocycles. The largest absolute Gasteiger partial charge is 0.339 e. The summed E-state index contributed by atoms with van der Waals surface area (Å²) in [4.78, 5) is 1.95. The Hall–Kier alpha value is -0.400. The van der Waals surface area contributed by atoms with Crippen LogP contribution in [0.3, 0.4) is 0 Å². The van der Waals surface area contributed by atoms with E-state index in [4.69, 9.17) is 23.2 Å². The lowest BCUT2D eigenvalue weighted by molar-refractivity contribution is 0.770. The number of benzene rings is 1. The Morgan fingerprint density at radius 2 is 1.46 bits per heavy atom. The van der Waals surface area contributed by atoms with Crippen molar-refractivity contribution in [2.45, 2.75) is 24.8 Å². The summed E-state index contributed by atoms with van der Waals surface area (Å²) in [6, 6.07) is 9.91. The number of hydrogen-bond acceptors (Lipinski definition) is 1. The third kappa shape index (κ3) is 2.78. The molecule has 13 heavy (non-hydrogen) atoms. The van der Waals surface area contributed by atoms with Crippen LogP contribution in [0.25, 0.3) is 0 Å². The second kappa shape index (κ2) is 4.73. The molecular weight excluding hydrogens is 205 g/mol. The van der Waals surface area contributed by atoms with E-state index in [0.29, 0.717) is 0 Å². The normalized spacial score (nSPS) is 15.1. The second-order valence-electron chi connectivity index (χ2n) is 2.89. The number of anilines is 1. The van der Waals surface area contributed by atoms with Crippen LogP contribution in [0, 0.1) is 0 Å². The zero-order valence-corrected chi connectivity index (χ0v) is 9.26. The lowest BCUT2D eigenvalue weighted by Crippen LogP contribution is -2.33. The molecule has 0 aliphatic rings. The highest BCUT2D eigenvalue weighted by Gasteiger charge is 2.15. The Morgan fingerprint density at radius 1 is 1.00 bits per heavy atom. The molecule has 1 aromatic rings. The summed E-state index contributed by atoms with van der Waals surface area (Å²) in [6.07, 6.45) is 0. The molecule has 0 bridgehead atoms. The average molecular weight is 218 g/mol. The quantitative estimate of drug-likeness (QED) is 0.552. The minimum absolute atomic E-state index is 0.102. The first kappa shape index (κ1) is 10.7. The number of halogens is 2. The number of alkyl halides is 2. The lowest BCUT2D eigenvalue weighted by Gasteiger charge is -2.29. The van der Waals surface area contributed by atoms with E-state index in [1.165, 1.54) is 0 Å². The fraction of sp³-hybridized carbons (Fsp3) is 0.400. The summed E-state index contributed by atoms with van der Waals surface area (Å²) in [6.45, 7) is 3.82. The van der Waals surface area contributed by atoms with Crippen LogP contribution in [-0.4, -0.2) is 11.0 Å². The predicted octanol–water partition coefficient (Wildman–Crippen LogP) is 3.66. The molecule has 0 aromatic heterocycles. The highest BCUT2D eigenvalue weighted by molar-refractivity contribution is 6.25. The molecule has 0 saturated heterocycles. The first-order valence-corrected chi connectivity index (χ1v) is 5.11. The zero-order chi connectivity index (χ0) is 9.84. The van der Waals surface area contributed by atoms with Gasteiger partial charge in [0, 0.05) is 5.69 Å². The molecule has 0 amide bonds. The van der Waals surface area contributed by atoms with Crippen LogP contribution in [0.2, 0.25) is 0 Å². The van der Waals surface area contributed by atoms with Crippen molar-refractivity contribution in [3.63, 3.8) is 0 Å². The lowest BCUT2D eigenvalue weighted by atomic mass is 10.3. The van der Waals surface area contributed by atoms with Gasteiger partial charge in [-0.1, -0.05) is 41.4 Å². The van der Waals surface area contributed by atoms with Gasteiger partial charge in [-0.3, -0.25) is 0 Å². The van der Waals surface area contributed by atoms with Crippen molar-refractivity contribution in [1.29, 1.82) is 0 Å². The van der Waals surface area contributed by atoms with Crippen LogP contribution >= 0.6 is 23.2 Å². The monoisotopic (exact) mass is 217 g/mol. The molecule has 1 aromatic carbocycles. The van der Waals surface area contributed by atoms with Crippen LogP contribution in [0.15, 0.2) is 30.3 Å². The van der Waals surface area contributed by atoms with Crippen LogP contribution in [0.1, 0.15) is 13.8 Å². The number of para-hydroxylation sites is 1. The topological polar surface area (TPSA) is 3.24 Å². The van der Waals surface area contributed by atoms with Crippen LogP contribution in [0.5, 0.6) is 0 Å². The van der Waals surface area contributed by atoms with Crippen LogP contribution < -0.4 is 4.90 Å². The molecule has 1 rings (SSSR count). The Balaban J connectivity index is 2.89. The molecule has 1 nitrogen and oxygen atoms in total. The van der Waals surface area contributed by atoms with E-state index < -0.39 is 0 Å². The molecule has 0 saturated carbocycles. The first-order chi connectivity index (χ1) is 6.13. The molecule has 2 unspecified atom stereocenters. The first-order valence-electron chi connectivity index (χ1n) is 4.24. The van der Waals surface area contributed by atoms with E-state index in [1.807, 2.05) is 49.1 Å². The molecule has 3 heteroatoms. The molecule has 0 fully saturated rings. The van der Waals surface area contributed by atoms with Gasteiger partial charge in [-0.05, 0) is 26.0 Å². The van der Waals surface area contributed by atoms with Crippen molar-refractivity contribution in [2.24, 2.45) is 0 Å². The van der Waals surface area contributed by atoms with Crippen molar-refractivity contribution in [1.82, 2.24) is 0 Å². The SMILES string of the molecule is CC(Cl)N(c1ccccc1)C(C)Cl. The van der Waals surface area contributed by atoms with Gasteiger partial charge < -0.3 is 4.90 Å². The molecule has 72 valence electrons. The van der Waals surface area contributed by atoms with Gasteiger partial charge in [0.15, 0.2) is 0 Å². The van der Waals surface area contributed by atoms with Crippen LogP contribution in [-0.2, 0) is 0 Å². The summed E-state index contributed by atoms with van der Waals surface area (Å²) in [5, 5.41) is 0. The van der Waals surface area contributed by atoms with Gasteiger partial charge in [0.05, 0.1) is 0 Å². The summed E-state index contributed by atoms with van der Waals surface area (Å²) in [5.41, 5.74) is 0.845. The fourth-order valence-corrected chi connectivity index (χ4v) is 1.92. The van der Waals surface area contributed by atoms with E-state index >= 15 is 0 Å². The smallest absolute Gasteiger partial charge is 0.102 e. The third-order valence-corrected chi connectivity index (χ3v) is 2.24. The van der Waals surface area contributed by atoms with E-state index in [1.54, 1.807) is 0 Å². The summed E-state index contributed by atoms with van der Waals surface area (Å²) < 4.78 is 0. The van der Waals surface area contributed by atoms with E-state index in [0.717, 1.165) is 5.69 Å². The van der Waals surface area contributed by atoms with Crippen molar-refractivity contribution < 1.29 is 0 Å². The zero-order valence-electron chi connectivity index (χ0n) is 7.74. The number of rotatable bonds is 3. The molecule has 0 aliphatic heterocycles. The highest BCUT2D eigenvalue weighted by Crippen LogP contribution is 2.22. The van der Waals surface area contributed by atoms with Gasteiger partial charge in [-0.25, -0.2) is 0 Å². The highest BCUT2D eigenvalue weighted by atomic mass is 35.5. The van der Waals surface area contributed by atoms with Crippen LogP contribution in [0.4, 0.5) is 5.69 Å². The van der Waals surface area contributed by atoms with Crippen molar-refractivity contribution in [3.05, 3.63) is 30.3 Å². The maximum absolute atomic E-state index is 6.01. The minimum atomic E-state index is -0.102. The fourth-order valence-electron chi connectivity index (χ4n) is 1.29. The van der Waals surface area contributed by atoms with Gasteiger partial charge in [0.25, 0.3) is 0 Å². The number of nitrogens with zero attached hydrogens (tertiary/aromatic N) is 1. The molecule has 0 aliphatic carbocycles. The molecule has 0 N–H and O–H groups in total. The van der Waals surface area contributed by atoms with Gasteiger partial charge in [0.1, 0.15) is 11.0 Å². The molecular formula is C10H13Cl2N. The maximum atomic E-state index is 6.01. The van der Waals surface area contributed by atoms with E-state index in [2.05, 4.69) is 0 Å². The van der Waals surface area contributed by atoms with E-state index in [-0.39, 0.29) is 11.0 Å². The number of hydrogen-bond donors (Lipinski definition) is 0. The Kier molecular flexibility index (Phi) is 3.89. The third-order valence-electron chi connectivity index (χ3n) is 1.82. The van der Waals surface area contributed by atoms with Crippen molar-refractivity contribution in [2.75, 3.05) is 4.90 Å². The molecule has 0 spiro atoms. The minimum Gasteiger partial charge on any atom is -0.339 e. The maximum Gasteiger partial charge on any atom is 0.102 e. The van der Waals surface area contributed by atoms with Gasteiger partial charge in [-0.15, -0.1) is 0 Å². The summed E-state index contributed by atoms with van der Waals surface area (Å²) in [5.74, 6) is 0. The Bertz CT molecular complexity index is 238. The van der Waals surface area contributed by atoms with Gasteiger partial charge in [-0.2, -0.15) is 0 Å². The van der Waals surface area contributed by atoms with Gasteiger partial charge in [0.2, 0.25) is 0 Å². The predicted molar refractivity (Wildman–Crippen MR) is 59.6 cm³/mol. The van der Waals surface area contributed by atoms with Gasteiger partial charge >= 0.3 is 0 Å². The molecule has 0 radical (unpaired) electrons. The van der Waals surface area contributed by atoms with E-state index in [9.17, 15) is 0 Å². The van der Waals surface area contributed by atoms with Crippen molar-refractivity contribution in [3.8, 4) is 0 Å².